The fraction of sp³-hybridized carbons (Fsp3) is 0.542. The lowest BCUT2D eigenvalue weighted by molar-refractivity contribution is 0.154. The van der Waals surface area contributed by atoms with Crippen LogP contribution in [-0.4, -0.2) is 76.2 Å². The zero-order valence-electron chi connectivity index (χ0n) is 21.0. The summed E-state index contributed by atoms with van der Waals surface area (Å²) in [4.78, 5) is 22.8. The number of nitrogens with one attached hydrogen (secondary N) is 1. The van der Waals surface area contributed by atoms with Gasteiger partial charge in [0, 0.05) is 39.3 Å². The molecule has 4 rings (SSSR count). The first-order valence-corrected chi connectivity index (χ1v) is 13.6. The van der Waals surface area contributed by atoms with E-state index in [0.717, 1.165) is 18.5 Å². The molecule has 2 aromatic heterocycles. The van der Waals surface area contributed by atoms with Crippen molar-refractivity contribution in [2.75, 3.05) is 32.8 Å². The molecule has 0 amide bonds. The first-order chi connectivity index (χ1) is 16.7. The van der Waals surface area contributed by atoms with Gasteiger partial charge in [0.05, 0.1) is 22.8 Å². The number of piperazine rings is 1. The lowest BCUT2D eigenvalue weighted by atomic mass is 10.1. The number of aromatic nitrogens is 4. The summed E-state index contributed by atoms with van der Waals surface area (Å²) in [6.45, 7) is 10.7. The lowest BCUT2D eigenvalue weighted by Crippen LogP contribution is -2.50. The van der Waals surface area contributed by atoms with Crippen LogP contribution in [0.25, 0.3) is 22.4 Å². The predicted molar refractivity (Wildman–Crippen MR) is 135 cm³/mol. The summed E-state index contributed by atoms with van der Waals surface area (Å²) in [7, 11) is -1.93. The van der Waals surface area contributed by atoms with Gasteiger partial charge >= 0.3 is 0 Å². The van der Waals surface area contributed by atoms with Gasteiger partial charge < -0.3 is 9.72 Å². The largest absolute Gasteiger partial charge is 0.493 e. The van der Waals surface area contributed by atoms with Crippen LogP contribution < -0.4 is 10.3 Å². The van der Waals surface area contributed by atoms with E-state index in [1.807, 2.05) is 6.92 Å². The summed E-state index contributed by atoms with van der Waals surface area (Å²) in [6, 6.07) is 5.12. The van der Waals surface area contributed by atoms with Crippen LogP contribution in [0.3, 0.4) is 0 Å². The van der Waals surface area contributed by atoms with Gasteiger partial charge in [-0.05, 0) is 45.4 Å². The lowest BCUT2D eigenvalue weighted by Gasteiger charge is -2.36. The highest BCUT2D eigenvalue weighted by atomic mass is 32.2. The minimum absolute atomic E-state index is 0.150. The number of hydrogen-bond acceptors (Lipinski definition) is 7. The van der Waals surface area contributed by atoms with Crippen molar-refractivity contribution >= 4 is 21.1 Å². The monoisotopic (exact) mass is 502 g/mol. The number of hydrogen-bond donors (Lipinski definition) is 1. The zero-order chi connectivity index (χ0) is 25.3. The molecule has 0 bridgehead atoms. The minimum atomic E-state index is -3.72. The summed E-state index contributed by atoms with van der Waals surface area (Å²) in [5.41, 5.74) is 1.71. The van der Waals surface area contributed by atoms with Gasteiger partial charge in [-0.15, -0.1) is 0 Å². The van der Waals surface area contributed by atoms with E-state index in [1.54, 1.807) is 29.9 Å². The summed E-state index contributed by atoms with van der Waals surface area (Å²) in [6.07, 6.45) is 1.60. The highest BCUT2D eigenvalue weighted by Gasteiger charge is 2.30. The highest BCUT2D eigenvalue weighted by Crippen LogP contribution is 2.32. The molecule has 0 radical (unpaired) electrons. The third-order valence-corrected chi connectivity index (χ3v) is 8.34. The Morgan fingerprint density at radius 1 is 1.11 bits per heavy atom. The van der Waals surface area contributed by atoms with Crippen LogP contribution >= 0.6 is 0 Å². The molecule has 10 nitrogen and oxygen atoms in total. The van der Waals surface area contributed by atoms with Crippen LogP contribution in [0.15, 0.2) is 27.9 Å². The third-order valence-electron chi connectivity index (χ3n) is 6.44. The molecule has 0 unspecified atom stereocenters. The number of fused-ring (bicyclic) bond motifs is 1. The fourth-order valence-corrected chi connectivity index (χ4v) is 5.96. The molecule has 1 N–H and O–H groups in total. The molecular formula is C24H34N6O4S. The minimum Gasteiger partial charge on any atom is -0.493 e. The molecule has 1 aliphatic rings. The van der Waals surface area contributed by atoms with E-state index >= 15 is 0 Å². The van der Waals surface area contributed by atoms with E-state index in [0.29, 0.717) is 55.7 Å². The summed E-state index contributed by atoms with van der Waals surface area (Å²) < 4.78 is 36.0. The van der Waals surface area contributed by atoms with Crippen molar-refractivity contribution in [3.8, 4) is 17.1 Å². The van der Waals surface area contributed by atoms with Crippen molar-refractivity contribution in [1.29, 1.82) is 0 Å². The SMILES string of the molecule is CCCc1c2nc(-c3cc(S(=O)(=O)N4CCN(C(C)C)CC4)ccc3OCC)[nH]c(=O)c2nn1C. The average molecular weight is 503 g/mol. The summed E-state index contributed by atoms with van der Waals surface area (Å²) in [5.74, 6) is 0.720. The quantitative estimate of drug-likeness (QED) is 0.503. The Balaban J connectivity index is 1.79. The molecule has 11 heteroatoms. The third kappa shape index (κ3) is 4.85. The molecule has 0 spiro atoms. The smallest absolute Gasteiger partial charge is 0.279 e. The molecule has 35 heavy (non-hydrogen) atoms. The van der Waals surface area contributed by atoms with Gasteiger partial charge in [0.15, 0.2) is 5.52 Å². The molecule has 0 atom stereocenters. The molecule has 0 saturated carbocycles. The Hall–Kier alpha value is -2.76. The van der Waals surface area contributed by atoms with Gasteiger partial charge in [-0.2, -0.15) is 9.40 Å². The maximum absolute atomic E-state index is 13.5. The number of aryl methyl sites for hydroxylation is 2. The number of ether oxygens (including phenoxy) is 1. The van der Waals surface area contributed by atoms with Gasteiger partial charge in [0.1, 0.15) is 17.1 Å². The molecule has 1 fully saturated rings. The Bertz CT molecular complexity index is 1370. The average Bonchev–Trinajstić information content (AvgIpc) is 3.15. The normalized spacial score (nSPS) is 15.8. The Morgan fingerprint density at radius 3 is 2.46 bits per heavy atom. The van der Waals surface area contributed by atoms with Crippen LogP contribution in [-0.2, 0) is 23.5 Å². The van der Waals surface area contributed by atoms with Crippen molar-refractivity contribution in [2.24, 2.45) is 7.05 Å². The molecule has 1 aromatic carbocycles. The molecule has 3 aromatic rings. The second-order valence-corrected chi connectivity index (χ2v) is 11.0. The second-order valence-electron chi connectivity index (χ2n) is 9.06. The first kappa shape index (κ1) is 25.3. The number of rotatable bonds is 8. The van der Waals surface area contributed by atoms with E-state index in [2.05, 4.69) is 35.8 Å². The highest BCUT2D eigenvalue weighted by molar-refractivity contribution is 7.89. The summed E-state index contributed by atoms with van der Waals surface area (Å²) in [5, 5.41) is 4.33. The maximum atomic E-state index is 13.5. The van der Waals surface area contributed by atoms with Crippen molar-refractivity contribution in [1.82, 2.24) is 29.0 Å². The zero-order valence-corrected chi connectivity index (χ0v) is 21.9. The maximum Gasteiger partial charge on any atom is 0.279 e. The second kappa shape index (κ2) is 10.1. The van der Waals surface area contributed by atoms with E-state index in [-0.39, 0.29) is 21.8 Å². The van der Waals surface area contributed by atoms with Crippen LogP contribution in [0.2, 0.25) is 0 Å². The van der Waals surface area contributed by atoms with E-state index in [9.17, 15) is 13.2 Å². The number of aromatic amines is 1. The first-order valence-electron chi connectivity index (χ1n) is 12.1. The standard InChI is InChI=1S/C24H34N6O4S/c1-6-8-19-21-22(27-28(19)5)24(31)26-23(25-21)18-15-17(9-10-20(18)34-7-2)35(32,33)30-13-11-29(12-14-30)16(3)4/h9-10,15-16H,6-8,11-14H2,1-5H3,(H,25,26,31). The van der Waals surface area contributed by atoms with Gasteiger partial charge in [-0.3, -0.25) is 14.4 Å². The molecule has 190 valence electrons. The van der Waals surface area contributed by atoms with Crippen LogP contribution in [0.5, 0.6) is 5.75 Å². The van der Waals surface area contributed by atoms with Gasteiger partial charge in [0.25, 0.3) is 5.56 Å². The Kier molecular flexibility index (Phi) is 7.30. The number of sulfonamides is 1. The Morgan fingerprint density at radius 2 is 1.83 bits per heavy atom. The van der Waals surface area contributed by atoms with Crippen LogP contribution in [0.1, 0.15) is 39.8 Å². The van der Waals surface area contributed by atoms with Crippen molar-refractivity contribution in [3.05, 3.63) is 34.2 Å². The number of nitrogens with zero attached hydrogens (tertiary/aromatic N) is 5. The Labute approximate surface area is 206 Å². The van der Waals surface area contributed by atoms with Crippen LogP contribution in [0.4, 0.5) is 0 Å². The van der Waals surface area contributed by atoms with Crippen LogP contribution in [0, 0.1) is 0 Å². The predicted octanol–water partition coefficient (Wildman–Crippen LogP) is 2.39. The molecule has 1 aliphatic heterocycles. The molecular weight excluding hydrogens is 468 g/mol. The topological polar surface area (TPSA) is 113 Å². The number of H-pyrrole nitrogens is 1. The van der Waals surface area contributed by atoms with Gasteiger partial charge in [-0.1, -0.05) is 13.3 Å². The fourth-order valence-electron chi connectivity index (χ4n) is 4.51. The molecule has 3 heterocycles. The van der Waals surface area contributed by atoms with E-state index < -0.39 is 10.0 Å². The van der Waals surface area contributed by atoms with E-state index in [4.69, 9.17) is 9.72 Å². The molecule has 1 saturated heterocycles. The van der Waals surface area contributed by atoms with Gasteiger partial charge in [-0.25, -0.2) is 13.4 Å². The van der Waals surface area contributed by atoms with Gasteiger partial charge in [0.2, 0.25) is 10.0 Å². The van der Waals surface area contributed by atoms with Crippen molar-refractivity contribution < 1.29 is 13.2 Å². The van der Waals surface area contributed by atoms with E-state index in [1.165, 1.54) is 4.31 Å². The molecule has 0 aliphatic carbocycles. The van der Waals surface area contributed by atoms with Crippen molar-refractivity contribution in [3.63, 3.8) is 0 Å². The number of benzene rings is 1. The summed E-state index contributed by atoms with van der Waals surface area (Å²) >= 11 is 0. The van der Waals surface area contributed by atoms with Crippen molar-refractivity contribution in [2.45, 2.75) is 51.5 Å².